The molecule has 15 heavy (non-hydrogen) atoms. The smallest absolute Gasteiger partial charge is 0.151 e. The Morgan fingerprint density at radius 3 is 1.73 bits per heavy atom. The SMILES string of the molecule is CSCCCCCCCCCCC(O)O. The molecule has 92 valence electrons. The average Bonchev–Trinajstić information content (AvgIpc) is 2.20. The van der Waals surface area contributed by atoms with E-state index >= 15 is 0 Å². The third-order valence-electron chi connectivity index (χ3n) is 2.56. The molecule has 3 heteroatoms. The van der Waals surface area contributed by atoms with Crippen LogP contribution in [0.15, 0.2) is 0 Å². The maximum absolute atomic E-state index is 8.63. The van der Waals surface area contributed by atoms with Crippen molar-refractivity contribution in [3.63, 3.8) is 0 Å². The van der Waals surface area contributed by atoms with Gasteiger partial charge in [-0.05, 0) is 31.3 Å². The number of hydrogen-bond donors (Lipinski definition) is 2. The molecule has 0 heterocycles. The van der Waals surface area contributed by atoms with E-state index in [0.29, 0.717) is 6.42 Å². The van der Waals surface area contributed by atoms with Crippen molar-refractivity contribution in [2.75, 3.05) is 12.0 Å². The highest BCUT2D eigenvalue weighted by Crippen LogP contribution is 2.11. The molecule has 0 rings (SSSR count). The van der Waals surface area contributed by atoms with E-state index in [-0.39, 0.29) is 0 Å². The minimum absolute atomic E-state index is 0.535. The largest absolute Gasteiger partial charge is 0.368 e. The summed E-state index contributed by atoms with van der Waals surface area (Å²) in [4.78, 5) is 0. The first-order valence-electron chi connectivity index (χ1n) is 6.12. The van der Waals surface area contributed by atoms with Gasteiger partial charge in [-0.15, -0.1) is 0 Å². The molecule has 0 saturated heterocycles. The van der Waals surface area contributed by atoms with E-state index in [1.807, 2.05) is 11.8 Å². The van der Waals surface area contributed by atoms with E-state index in [9.17, 15) is 0 Å². The van der Waals surface area contributed by atoms with Gasteiger partial charge in [0, 0.05) is 0 Å². The fraction of sp³-hybridized carbons (Fsp3) is 1.00. The van der Waals surface area contributed by atoms with Gasteiger partial charge in [-0.25, -0.2) is 0 Å². The monoisotopic (exact) mass is 234 g/mol. The first-order valence-corrected chi connectivity index (χ1v) is 7.52. The molecule has 0 amide bonds. The van der Waals surface area contributed by atoms with Gasteiger partial charge in [0.1, 0.15) is 0 Å². The van der Waals surface area contributed by atoms with Crippen molar-refractivity contribution < 1.29 is 10.2 Å². The van der Waals surface area contributed by atoms with Gasteiger partial charge in [0.25, 0.3) is 0 Å². The van der Waals surface area contributed by atoms with Gasteiger partial charge < -0.3 is 10.2 Å². The molecule has 0 radical (unpaired) electrons. The molecule has 0 aliphatic rings. The Kier molecular flexibility index (Phi) is 12.6. The van der Waals surface area contributed by atoms with E-state index in [2.05, 4.69) is 6.26 Å². The van der Waals surface area contributed by atoms with Gasteiger partial charge in [-0.1, -0.05) is 38.5 Å². The second-order valence-electron chi connectivity index (χ2n) is 4.09. The summed E-state index contributed by atoms with van der Waals surface area (Å²) in [6.07, 6.45) is 11.7. The Hall–Kier alpha value is 0.270. The third kappa shape index (κ3) is 14.3. The highest BCUT2D eigenvalue weighted by molar-refractivity contribution is 7.98. The predicted octanol–water partition coefficient (Wildman–Crippen LogP) is 3.17. The van der Waals surface area contributed by atoms with Gasteiger partial charge in [0.15, 0.2) is 6.29 Å². The summed E-state index contributed by atoms with van der Waals surface area (Å²) in [5.74, 6) is 1.30. The molecule has 0 aromatic carbocycles. The molecule has 0 unspecified atom stereocenters. The number of aliphatic hydroxyl groups is 2. The Balaban J connectivity index is 2.87. The second kappa shape index (κ2) is 12.3. The lowest BCUT2D eigenvalue weighted by atomic mass is 10.1. The number of aliphatic hydroxyl groups excluding tert-OH is 1. The third-order valence-corrected chi connectivity index (χ3v) is 3.26. The number of hydrogen-bond acceptors (Lipinski definition) is 3. The summed E-state index contributed by atoms with van der Waals surface area (Å²) >= 11 is 1.93. The number of rotatable bonds is 11. The normalized spacial score (nSPS) is 11.2. The first-order chi connectivity index (χ1) is 7.27. The molecule has 0 aromatic rings. The van der Waals surface area contributed by atoms with Crippen LogP contribution in [0.25, 0.3) is 0 Å². The van der Waals surface area contributed by atoms with Crippen molar-refractivity contribution in [1.82, 2.24) is 0 Å². The average molecular weight is 234 g/mol. The Labute approximate surface area is 98.5 Å². The maximum atomic E-state index is 8.63. The van der Waals surface area contributed by atoms with Crippen LogP contribution < -0.4 is 0 Å². The molecule has 0 fully saturated rings. The van der Waals surface area contributed by atoms with Crippen molar-refractivity contribution in [3.8, 4) is 0 Å². The van der Waals surface area contributed by atoms with Gasteiger partial charge in [-0.2, -0.15) is 11.8 Å². The molecule has 0 aliphatic carbocycles. The fourth-order valence-corrected chi connectivity index (χ4v) is 2.13. The minimum Gasteiger partial charge on any atom is -0.368 e. The quantitative estimate of drug-likeness (QED) is 0.426. The van der Waals surface area contributed by atoms with Crippen molar-refractivity contribution in [1.29, 1.82) is 0 Å². The van der Waals surface area contributed by atoms with Crippen molar-refractivity contribution >= 4 is 11.8 Å². The highest BCUT2D eigenvalue weighted by Gasteiger charge is 1.96. The molecule has 0 aliphatic heterocycles. The van der Waals surface area contributed by atoms with Crippen molar-refractivity contribution in [2.24, 2.45) is 0 Å². The van der Waals surface area contributed by atoms with Crippen LogP contribution in [0.2, 0.25) is 0 Å². The van der Waals surface area contributed by atoms with E-state index in [1.54, 1.807) is 0 Å². The summed E-state index contributed by atoms with van der Waals surface area (Å²) in [6.45, 7) is 0. The van der Waals surface area contributed by atoms with E-state index in [1.165, 1.54) is 44.3 Å². The van der Waals surface area contributed by atoms with Crippen LogP contribution in [0.5, 0.6) is 0 Å². The summed E-state index contributed by atoms with van der Waals surface area (Å²) in [6, 6.07) is 0. The van der Waals surface area contributed by atoms with Crippen LogP contribution >= 0.6 is 11.8 Å². The standard InChI is InChI=1S/C12H26O2S/c1-15-11-9-7-5-3-2-4-6-8-10-12(13)14/h12-14H,2-11H2,1H3. The predicted molar refractivity (Wildman–Crippen MR) is 68.2 cm³/mol. The van der Waals surface area contributed by atoms with Crippen LogP contribution in [-0.4, -0.2) is 28.5 Å². The summed E-state index contributed by atoms with van der Waals surface area (Å²) in [7, 11) is 0. The number of unbranched alkanes of at least 4 members (excludes halogenated alkanes) is 7. The fourth-order valence-electron chi connectivity index (χ4n) is 1.63. The highest BCUT2D eigenvalue weighted by atomic mass is 32.2. The van der Waals surface area contributed by atoms with Crippen LogP contribution in [-0.2, 0) is 0 Å². The first kappa shape index (κ1) is 15.3. The Bertz CT molecular complexity index is 118. The molecule has 2 N–H and O–H groups in total. The van der Waals surface area contributed by atoms with E-state index in [0.717, 1.165) is 12.8 Å². The molecule has 0 saturated carbocycles. The van der Waals surface area contributed by atoms with Gasteiger partial charge in [0.2, 0.25) is 0 Å². The number of thioether (sulfide) groups is 1. The molecular weight excluding hydrogens is 208 g/mol. The topological polar surface area (TPSA) is 40.5 Å². The van der Waals surface area contributed by atoms with Crippen LogP contribution in [0.4, 0.5) is 0 Å². The zero-order valence-electron chi connectivity index (χ0n) is 9.95. The summed E-state index contributed by atoms with van der Waals surface area (Å²) in [5, 5.41) is 17.3. The summed E-state index contributed by atoms with van der Waals surface area (Å²) in [5.41, 5.74) is 0. The summed E-state index contributed by atoms with van der Waals surface area (Å²) < 4.78 is 0. The van der Waals surface area contributed by atoms with Crippen LogP contribution in [0.3, 0.4) is 0 Å². The van der Waals surface area contributed by atoms with Crippen LogP contribution in [0.1, 0.15) is 57.8 Å². The van der Waals surface area contributed by atoms with E-state index in [4.69, 9.17) is 10.2 Å². The van der Waals surface area contributed by atoms with Crippen LogP contribution in [0, 0.1) is 0 Å². The molecule has 0 atom stereocenters. The zero-order chi connectivity index (χ0) is 11.4. The Morgan fingerprint density at radius 1 is 0.800 bits per heavy atom. The second-order valence-corrected chi connectivity index (χ2v) is 5.08. The minimum atomic E-state index is -1.10. The van der Waals surface area contributed by atoms with Crippen molar-refractivity contribution in [2.45, 2.75) is 64.1 Å². The lowest BCUT2D eigenvalue weighted by Crippen LogP contribution is -2.02. The van der Waals surface area contributed by atoms with Crippen molar-refractivity contribution in [3.05, 3.63) is 0 Å². The molecule has 0 spiro atoms. The molecular formula is C12H26O2S. The maximum Gasteiger partial charge on any atom is 0.151 e. The van der Waals surface area contributed by atoms with Gasteiger partial charge >= 0.3 is 0 Å². The zero-order valence-corrected chi connectivity index (χ0v) is 10.8. The van der Waals surface area contributed by atoms with Gasteiger partial charge in [0.05, 0.1) is 0 Å². The van der Waals surface area contributed by atoms with Gasteiger partial charge in [-0.3, -0.25) is 0 Å². The molecule has 2 nitrogen and oxygen atoms in total. The molecule has 0 aromatic heterocycles. The lowest BCUT2D eigenvalue weighted by Gasteiger charge is -2.03. The Morgan fingerprint density at radius 2 is 1.27 bits per heavy atom. The molecule has 0 bridgehead atoms. The van der Waals surface area contributed by atoms with E-state index < -0.39 is 6.29 Å². The lowest BCUT2D eigenvalue weighted by molar-refractivity contribution is -0.0466.